The average Bonchev–Trinajstić information content (AvgIpc) is 2.44. The third-order valence-corrected chi connectivity index (χ3v) is 4.16. The van der Waals surface area contributed by atoms with Gasteiger partial charge >= 0.3 is 0 Å². The summed E-state index contributed by atoms with van der Waals surface area (Å²) in [6.07, 6.45) is 3.62. The summed E-state index contributed by atoms with van der Waals surface area (Å²) in [7, 11) is 0. The maximum Gasteiger partial charge on any atom is 0.135 e. The summed E-state index contributed by atoms with van der Waals surface area (Å²) >= 11 is 0. The van der Waals surface area contributed by atoms with Crippen molar-refractivity contribution in [2.75, 3.05) is 6.61 Å². The topological polar surface area (TPSA) is 26.3 Å². The molecule has 0 saturated heterocycles. The van der Waals surface area contributed by atoms with Crippen LogP contribution in [0.3, 0.4) is 0 Å². The van der Waals surface area contributed by atoms with Gasteiger partial charge in [0.1, 0.15) is 11.5 Å². The summed E-state index contributed by atoms with van der Waals surface area (Å²) in [5.74, 6) is 1.53. The van der Waals surface area contributed by atoms with E-state index in [0.29, 0.717) is 12.2 Å². The lowest BCUT2D eigenvalue weighted by molar-refractivity contribution is -0.121. The van der Waals surface area contributed by atoms with Crippen LogP contribution in [0, 0.1) is 26.7 Å². The Morgan fingerprint density at radius 2 is 1.86 bits per heavy atom. The molecule has 0 fully saturated rings. The second kappa shape index (κ2) is 8.21. The van der Waals surface area contributed by atoms with Gasteiger partial charge in [-0.3, -0.25) is 4.79 Å². The van der Waals surface area contributed by atoms with Crippen LogP contribution in [0.1, 0.15) is 62.3 Å². The first-order valence-corrected chi connectivity index (χ1v) is 8.13. The smallest absolute Gasteiger partial charge is 0.135 e. The van der Waals surface area contributed by atoms with Crippen molar-refractivity contribution >= 4 is 5.78 Å². The van der Waals surface area contributed by atoms with Gasteiger partial charge in [0.05, 0.1) is 6.61 Å². The Morgan fingerprint density at radius 1 is 1.19 bits per heavy atom. The van der Waals surface area contributed by atoms with Gasteiger partial charge < -0.3 is 4.74 Å². The van der Waals surface area contributed by atoms with Gasteiger partial charge in [-0.1, -0.05) is 20.8 Å². The minimum Gasteiger partial charge on any atom is -0.493 e. The van der Waals surface area contributed by atoms with Gasteiger partial charge in [-0.15, -0.1) is 0 Å². The summed E-state index contributed by atoms with van der Waals surface area (Å²) < 4.78 is 5.82. The maximum absolute atomic E-state index is 11.7. The maximum atomic E-state index is 11.7. The molecule has 1 aromatic carbocycles. The number of ether oxygens (including phenoxy) is 1. The van der Waals surface area contributed by atoms with Crippen LogP contribution in [-0.4, -0.2) is 12.4 Å². The van der Waals surface area contributed by atoms with Crippen LogP contribution in [0.5, 0.6) is 5.75 Å². The number of carbonyl (C=O) groups excluding carboxylic acids is 1. The fourth-order valence-electron chi connectivity index (χ4n) is 2.57. The Morgan fingerprint density at radius 3 is 2.43 bits per heavy atom. The average molecular weight is 290 g/mol. The first-order valence-electron chi connectivity index (χ1n) is 8.13. The summed E-state index contributed by atoms with van der Waals surface area (Å²) in [4.78, 5) is 11.7. The lowest BCUT2D eigenvalue weighted by atomic mass is 9.92. The van der Waals surface area contributed by atoms with E-state index in [0.717, 1.165) is 31.6 Å². The first kappa shape index (κ1) is 17.7. The van der Waals surface area contributed by atoms with Crippen LogP contribution >= 0.6 is 0 Å². The predicted octanol–water partition coefficient (Wildman–Crippen LogP) is 4.95. The fraction of sp³-hybridized carbons (Fsp3) is 0.632. The molecule has 0 aliphatic rings. The van der Waals surface area contributed by atoms with Gasteiger partial charge in [-0.05, 0) is 68.4 Å². The summed E-state index contributed by atoms with van der Waals surface area (Å²) in [6.45, 7) is 13.3. The molecule has 0 bridgehead atoms. The van der Waals surface area contributed by atoms with Crippen molar-refractivity contribution in [3.63, 3.8) is 0 Å². The van der Waals surface area contributed by atoms with E-state index in [1.807, 2.05) is 13.8 Å². The number of hydrogen-bond acceptors (Lipinski definition) is 2. The molecule has 0 spiro atoms. The number of rotatable bonds is 8. The minimum absolute atomic E-state index is 0.152. The second-order valence-electron chi connectivity index (χ2n) is 6.24. The van der Waals surface area contributed by atoms with Crippen molar-refractivity contribution in [3.8, 4) is 5.75 Å². The van der Waals surface area contributed by atoms with E-state index in [2.05, 4.69) is 33.8 Å². The van der Waals surface area contributed by atoms with E-state index in [1.54, 1.807) is 0 Å². The molecule has 1 aromatic rings. The molecule has 0 aliphatic carbocycles. The van der Waals surface area contributed by atoms with Gasteiger partial charge in [0.15, 0.2) is 0 Å². The fourth-order valence-corrected chi connectivity index (χ4v) is 2.57. The third-order valence-electron chi connectivity index (χ3n) is 4.16. The van der Waals surface area contributed by atoms with Crippen molar-refractivity contribution in [1.29, 1.82) is 0 Å². The highest BCUT2D eigenvalue weighted by Gasteiger charge is 2.12. The van der Waals surface area contributed by atoms with E-state index in [1.165, 1.54) is 22.3 Å². The third kappa shape index (κ3) is 4.87. The SMILES string of the molecule is CCCOc1cc(C)c(CCCC(=O)C(C)C)c(C)c1C. The number of benzene rings is 1. The normalized spacial score (nSPS) is 11.0. The van der Waals surface area contributed by atoms with Gasteiger partial charge in [-0.25, -0.2) is 0 Å². The molecule has 0 saturated carbocycles. The van der Waals surface area contributed by atoms with Crippen LogP contribution in [0.25, 0.3) is 0 Å². The number of Topliss-reactive ketones (excluding diaryl/α,β-unsaturated/α-hetero) is 1. The van der Waals surface area contributed by atoms with Crippen molar-refractivity contribution in [2.24, 2.45) is 5.92 Å². The predicted molar refractivity (Wildman–Crippen MR) is 89.2 cm³/mol. The molecule has 0 aromatic heterocycles. The van der Waals surface area contributed by atoms with Crippen LogP contribution in [0.15, 0.2) is 6.07 Å². The molecule has 0 N–H and O–H groups in total. The van der Waals surface area contributed by atoms with E-state index in [-0.39, 0.29) is 5.92 Å². The van der Waals surface area contributed by atoms with Gasteiger partial charge in [0, 0.05) is 12.3 Å². The Labute approximate surface area is 129 Å². The standard InChI is InChI=1S/C19H30O2/c1-7-11-21-19-12-14(4)17(15(5)16(19)6)9-8-10-18(20)13(2)3/h12-13H,7-11H2,1-6H3. The van der Waals surface area contributed by atoms with Crippen molar-refractivity contribution in [3.05, 3.63) is 28.3 Å². The quantitative estimate of drug-likeness (QED) is 0.677. The van der Waals surface area contributed by atoms with Crippen molar-refractivity contribution < 1.29 is 9.53 Å². The summed E-state index contributed by atoms with van der Waals surface area (Å²) in [5.41, 5.74) is 5.21. The second-order valence-corrected chi connectivity index (χ2v) is 6.24. The van der Waals surface area contributed by atoms with Gasteiger partial charge in [0.25, 0.3) is 0 Å². The van der Waals surface area contributed by atoms with Gasteiger partial charge in [-0.2, -0.15) is 0 Å². The van der Waals surface area contributed by atoms with Gasteiger partial charge in [0.2, 0.25) is 0 Å². The zero-order valence-corrected chi connectivity index (χ0v) is 14.5. The summed E-state index contributed by atoms with van der Waals surface area (Å²) in [6, 6.07) is 2.15. The van der Waals surface area contributed by atoms with Crippen molar-refractivity contribution in [2.45, 2.75) is 67.2 Å². The Balaban J connectivity index is 2.79. The van der Waals surface area contributed by atoms with Crippen LogP contribution in [0.4, 0.5) is 0 Å². The van der Waals surface area contributed by atoms with E-state index in [4.69, 9.17) is 4.74 Å². The van der Waals surface area contributed by atoms with E-state index < -0.39 is 0 Å². The number of aryl methyl sites for hydroxylation is 1. The number of ketones is 1. The molecule has 2 heteroatoms. The molecule has 0 atom stereocenters. The largest absolute Gasteiger partial charge is 0.493 e. The minimum atomic E-state index is 0.152. The number of carbonyl (C=O) groups is 1. The molecule has 1 rings (SSSR count). The Bertz CT molecular complexity index is 487. The Kier molecular flexibility index (Phi) is 6.94. The molecule has 0 unspecified atom stereocenters. The molecular weight excluding hydrogens is 260 g/mol. The lowest BCUT2D eigenvalue weighted by Crippen LogP contribution is -2.08. The van der Waals surface area contributed by atoms with E-state index >= 15 is 0 Å². The molecule has 2 nitrogen and oxygen atoms in total. The molecule has 0 radical (unpaired) electrons. The highest BCUT2D eigenvalue weighted by Crippen LogP contribution is 2.29. The van der Waals surface area contributed by atoms with E-state index in [9.17, 15) is 4.79 Å². The number of hydrogen-bond donors (Lipinski definition) is 0. The van der Waals surface area contributed by atoms with Crippen LogP contribution in [0.2, 0.25) is 0 Å². The molecule has 0 aliphatic heterocycles. The monoisotopic (exact) mass is 290 g/mol. The molecule has 0 heterocycles. The molecular formula is C19H30O2. The zero-order chi connectivity index (χ0) is 16.0. The van der Waals surface area contributed by atoms with Crippen LogP contribution in [-0.2, 0) is 11.2 Å². The summed E-state index contributed by atoms with van der Waals surface area (Å²) in [5, 5.41) is 0. The molecule has 0 amide bonds. The van der Waals surface area contributed by atoms with Crippen molar-refractivity contribution in [1.82, 2.24) is 0 Å². The molecule has 21 heavy (non-hydrogen) atoms. The zero-order valence-electron chi connectivity index (χ0n) is 14.5. The molecule has 118 valence electrons. The first-order chi connectivity index (χ1) is 9.88. The Hall–Kier alpha value is -1.31. The van der Waals surface area contributed by atoms with Crippen LogP contribution < -0.4 is 4.74 Å². The lowest BCUT2D eigenvalue weighted by Gasteiger charge is -2.17. The highest BCUT2D eigenvalue weighted by atomic mass is 16.5. The highest BCUT2D eigenvalue weighted by molar-refractivity contribution is 5.80.